The van der Waals surface area contributed by atoms with E-state index in [1.807, 2.05) is 19.9 Å². The zero-order valence-electron chi connectivity index (χ0n) is 11.0. The lowest BCUT2D eigenvalue weighted by Crippen LogP contribution is -2.34. The zero-order valence-corrected chi connectivity index (χ0v) is 12.6. The largest absolute Gasteiger partial charge is 0.398 e. The number of methoxy groups -OCH3 is 1. The normalized spacial score (nSPS) is 10.4. The van der Waals surface area contributed by atoms with Crippen molar-refractivity contribution in [2.75, 3.05) is 32.5 Å². The number of hydrogen-bond acceptors (Lipinski definition) is 3. The lowest BCUT2D eigenvalue weighted by molar-refractivity contribution is 0.0705. The SMILES string of the molecule is CCN(CCOC)C(=O)c1cc(Br)cc(N)c1C. The molecule has 1 aromatic rings. The maximum absolute atomic E-state index is 12.4. The fourth-order valence-electron chi connectivity index (χ4n) is 1.70. The molecule has 0 unspecified atom stereocenters. The Balaban J connectivity index is 3.01. The second kappa shape index (κ2) is 6.75. The van der Waals surface area contributed by atoms with Gasteiger partial charge in [-0.2, -0.15) is 0 Å². The molecule has 0 aliphatic rings. The van der Waals surface area contributed by atoms with Gasteiger partial charge in [0.2, 0.25) is 0 Å². The number of likely N-dealkylation sites (N-methyl/N-ethyl adjacent to an activating group) is 1. The number of ether oxygens (including phenoxy) is 1. The zero-order chi connectivity index (χ0) is 13.7. The second-order valence-corrected chi connectivity index (χ2v) is 4.96. The smallest absolute Gasteiger partial charge is 0.254 e. The number of anilines is 1. The first kappa shape index (κ1) is 15.0. The molecule has 0 radical (unpaired) electrons. The molecule has 0 aliphatic heterocycles. The van der Waals surface area contributed by atoms with Gasteiger partial charge in [-0.3, -0.25) is 4.79 Å². The molecule has 18 heavy (non-hydrogen) atoms. The van der Waals surface area contributed by atoms with Crippen molar-refractivity contribution < 1.29 is 9.53 Å². The molecule has 1 aromatic carbocycles. The summed E-state index contributed by atoms with van der Waals surface area (Å²) in [5.74, 6) is -0.0138. The summed E-state index contributed by atoms with van der Waals surface area (Å²) in [5, 5.41) is 0. The van der Waals surface area contributed by atoms with Crippen LogP contribution < -0.4 is 5.73 Å². The summed E-state index contributed by atoms with van der Waals surface area (Å²) in [7, 11) is 1.63. The molecular weight excluding hydrogens is 296 g/mol. The van der Waals surface area contributed by atoms with Gasteiger partial charge in [-0.05, 0) is 31.5 Å². The third kappa shape index (κ3) is 3.46. The van der Waals surface area contributed by atoms with Gasteiger partial charge in [-0.25, -0.2) is 0 Å². The van der Waals surface area contributed by atoms with E-state index < -0.39 is 0 Å². The number of nitrogens with two attached hydrogens (primary N) is 1. The monoisotopic (exact) mass is 314 g/mol. The number of rotatable bonds is 5. The molecule has 0 atom stereocenters. The van der Waals surface area contributed by atoms with Gasteiger partial charge in [0.15, 0.2) is 0 Å². The Labute approximate surface area is 116 Å². The molecule has 0 fully saturated rings. The topological polar surface area (TPSA) is 55.6 Å². The molecule has 0 bridgehead atoms. The average Bonchev–Trinajstić information content (AvgIpc) is 2.34. The Morgan fingerprint density at radius 1 is 1.50 bits per heavy atom. The summed E-state index contributed by atoms with van der Waals surface area (Å²) >= 11 is 3.36. The van der Waals surface area contributed by atoms with E-state index in [2.05, 4.69) is 15.9 Å². The highest BCUT2D eigenvalue weighted by Crippen LogP contribution is 2.23. The van der Waals surface area contributed by atoms with E-state index in [-0.39, 0.29) is 5.91 Å². The number of amides is 1. The van der Waals surface area contributed by atoms with Crippen LogP contribution in [0.2, 0.25) is 0 Å². The van der Waals surface area contributed by atoms with Crippen LogP contribution in [0.4, 0.5) is 5.69 Å². The Morgan fingerprint density at radius 2 is 2.17 bits per heavy atom. The third-order valence-electron chi connectivity index (χ3n) is 2.88. The average molecular weight is 315 g/mol. The first-order valence-electron chi connectivity index (χ1n) is 5.85. The van der Waals surface area contributed by atoms with E-state index in [0.717, 1.165) is 10.0 Å². The first-order valence-corrected chi connectivity index (χ1v) is 6.64. The maximum Gasteiger partial charge on any atom is 0.254 e. The fraction of sp³-hybridized carbons (Fsp3) is 0.462. The molecule has 0 spiro atoms. The molecule has 0 heterocycles. The van der Waals surface area contributed by atoms with Crippen molar-refractivity contribution in [1.82, 2.24) is 4.90 Å². The number of nitrogen functional groups attached to an aromatic ring is 1. The first-order chi connectivity index (χ1) is 8.51. The van der Waals surface area contributed by atoms with Gasteiger partial charge in [-0.1, -0.05) is 15.9 Å². The van der Waals surface area contributed by atoms with Crippen LogP contribution in [-0.4, -0.2) is 37.6 Å². The Kier molecular flexibility index (Phi) is 5.62. The van der Waals surface area contributed by atoms with Crippen LogP contribution in [0.5, 0.6) is 0 Å². The summed E-state index contributed by atoms with van der Waals surface area (Å²) < 4.78 is 5.83. The molecule has 1 rings (SSSR count). The standard InChI is InChI=1S/C13H19BrN2O2/c1-4-16(5-6-18-3)13(17)11-7-10(14)8-12(15)9(11)2/h7-8H,4-6,15H2,1-3H3. The molecular formula is C13H19BrN2O2. The predicted octanol–water partition coefficient (Wildman–Crippen LogP) is 2.45. The van der Waals surface area contributed by atoms with E-state index in [0.29, 0.717) is 30.9 Å². The molecule has 0 saturated carbocycles. The highest BCUT2D eigenvalue weighted by molar-refractivity contribution is 9.10. The Hall–Kier alpha value is -1.07. The van der Waals surface area contributed by atoms with Crippen LogP contribution in [0, 0.1) is 6.92 Å². The number of hydrogen-bond donors (Lipinski definition) is 1. The maximum atomic E-state index is 12.4. The molecule has 0 aromatic heterocycles. The lowest BCUT2D eigenvalue weighted by atomic mass is 10.1. The van der Waals surface area contributed by atoms with Gasteiger partial charge in [-0.15, -0.1) is 0 Å². The minimum Gasteiger partial charge on any atom is -0.398 e. The number of nitrogens with zero attached hydrogens (tertiary/aromatic N) is 1. The number of carbonyl (C=O) groups is 1. The van der Waals surface area contributed by atoms with E-state index in [1.54, 1.807) is 18.1 Å². The van der Waals surface area contributed by atoms with Crippen molar-refractivity contribution in [2.24, 2.45) is 0 Å². The molecule has 4 nitrogen and oxygen atoms in total. The highest BCUT2D eigenvalue weighted by atomic mass is 79.9. The lowest BCUT2D eigenvalue weighted by Gasteiger charge is -2.22. The minimum atomic E-state index is -0.0138. The van der Waals surface area contributed by atoms with Crippen molar-refractivity contribution in [3.63, 3.8) is 0 Å². The molecule has 0 aliphatic carbocycles. The van der Waals surface area contributed by atoms with Crippen LogP contribution in [0.15, 0.2) is 16.6 Å². The summed E-state index contributed by atoms with van der Waals surface area (Å²) in [5.41, 5.74) is 7.95. The van der Waals surface area contributed by atoms with Crippen molar-refractivity contribution in [1.29, 1.82) is 0 Å². The van der Waals surface area contributed by atoms with Gasteiger partial charge in [0.25, 0.3) is 5.91 Å². The second-order valence-electron chi connectivity index (χ2n) is 4.05. The van der Waals surface area contributed by atoms with E-state index >= 15 is 0 Å². The summed E-state index contributed by atoms with van der Waals surface area (Å²) in [6, 6.07) is 3.61. The van der Waals surface area contributed by atoms with Gasteiger partial charge >= 0.3 is 0 Å². The summed E-state index contributed by atoms with van der Waals surface area (Å²) in [6.07, 6.45) is 0. The quantitative estimate of drug-likeness (QED) is 0.849. The van der Waals surface area contributed by atoms with Crippen LogP contribution in [0.25, 0.3) is 0 Å². The molecule has 5 heteroatoms. The van der Waals surface area contributed by atoms with Gasteiger partial charge < -0.3 is 15.4 Å². The van der Waals surface area contributed by atoms with E-state index in [4.69, 9.17) is 10.5 Å². The molecule has 100 valence electrons. The molecule has 0 saturated heterocycles. The van der Waals surface area contributed by atoms with Crippen molar-refractivity contribution in [2.45, 2.75) is 13.8 Å². The van der Waals surface area contributed by atoms with Crippen molar-refractivity contribution in [3.05, 3.63) is 27.7 Å². The number of carbonyl (C=O) groups excluding carboxylic acids is 1. The van der Waals surface area contributed by atoms with Gasteiger partial charge in [0.1, 0.15) is 0 Å². The summed E-state index contributed by atoms with van der Waals surface area (Å²) in [4.78, 5) is 14.1. The van der Waals surface area contributed by atoms with Gasteiger partial charge in [0.05, 0.1) is 6.61 Å². The van der Waals surface area contributed by atoms with Crippen LogP contribution in [0.3, 0.4) is 0 Å². The number of halogens is 1. The van der Waals surface area contributed by atoms with Gasteiger partial charge in [0, 0.05) is 35.9 Å². The Morgan fingerprint density at radius 3 is 2.72 bits per heavy atom. The van der Waals surface area contributed by atoms with Crippen molar-refractivity contribution >= 4 is 27.5 Å². The predicted molar refractivity (Wildman–Crippen MR) is 76.7 cm³/mol. The number of benzene rings is 1. The van der Waals surface area contributed by atoms with E-state index in [9.17, 15) is 4.79 Å². The van der Waals surface area contributed by atoms with Crippen LogP contribution >= 0.6 is 15.9 Å². The fourth-order valence-corrected chi connectivity index (χ4v) is 2.17. The third-order valence-corrected chi connectivity index (χ3v) is 3.34. The molecule has 2 N–H and O–H groups in total. The van der Waals surface area contributed by atoms with E-state index in [1.165, 1.54) is 0 Å². The van der Waals surface area contributed by atoms with Crippen LogP contribution in [0.1, 0.15) is 22.8 Å². The van der Waals surface area contributed by atoms with Crippen LogP contribution in [-0.2, 0) is 4.74 Å². The minimum absolute atomic E-state index is 0.0138. The summed E-state index contributed by atoms with van der Waals surface area (Å²) in [6.45, 7) is 5.57. The Bertz CT molecular complexity index is 435. The highest BCUT2D eigenvalue weighted by Gasteiger charge is 2.17. The molecule has 1 amide bonds. The van der Waals surface area contributed by atoms with Crippen molar-refractivity contribution in [3.8, 4) is 0 Å².